The van der Waals surface area contributed by atoms with Crippen molar-refractivity contribution in [2.75, 3.05) is 26.2 Å². The van der Waals surface area contributed by atoms with Crippen molar-refractivity contribution in [1.29, 1.82) is 0 Å². The van der Waals surface area contributed by atoms with E-state index in [2.05, 4.69) is 25.3 Å². The van der Waals surface area contributed by atoms with Crippen molar-refractivity contribution in [2.24, 2.45) is 5.92 Å². The summed E-state index contributed by atoms with van der Waals surface area (Å²) in [6.07, 6.45) is 1.68. The Morgan fingerprint density at radius 2 is 1.91 bits per heavy atom. The minimum atomic E-state index is -0.168. The van der Waals surface area contributed by atoms with Crippen LogP contribution in [-0.2, 0) is 11.2 Å². The van der Waals surface area contributed by atoms with Crippen LogP contribution >= 0.6 is 11.3 Å². The van der Waals surface area contributed by atoms with Crippen LogP contribution < -0.4 is 4.74 Å². The van der Waals surface area contributed by atoms with E-state index < -0.39 is 0 Å². The second-order valence-corrected chi connectivity index (χ2v) is 10.6. The number of hydrogen-bond acceptors (Lipinski definition) is 4. The van der Waals surface area contributed by atoms with Gasteiger partial charge >= 0.3 is 0 Å². The van der Waals surface area contributed by atoms with Gasteiger partial charge in [0.25, 0.3) is 5.91 Å². The highest BCUT2D eigenvalue weighted by Gasteiger charge is 2.33. The van der Waals surface area contributed by atoms with Crippen molar-refractivity contribution in [1.82, 2.24) is 9.80 Å². The number of hydrogen-bond donors (Lipinski definition) is 0. The first-order valence-electron chi connectivity index (χ1n) is 12.3. The van der Waals surface area contributed by atoms with Crippen molar-refractivity contribution in [3.8, 4) is 5.75 Å². The quantitative estimate of drug-likeness (QED) is 0.384. The van der Waals surface area contributed by atoms with Crippen molar-refractivity contribution >= 4 is 23.2 Å². The number of thiophene rings is 1. The molecule has 0 saturated carbocycles. The van der Waals surface area contributed by atoms with Crippen molar-refractivity contribution in [3.63, 3.8) is 0 Å². The normalized spacial score (nSPS) is 15.1. The molecule has 4 rings (SSSR count). The van der Waals surface area contributed by atoms with Gasteiger partial charge in [0.05, 0.1) is 6.04 Å². The average Bonchev–Trinajstić information content (AvgIpc) is 3.34. The first kappa shape index (κ1) is 25.0. The SMILES string of the molecule is Cc1cccc(C(=O)N(CCC(C)C)CC(=O)N2CCc3sccc3C2COc2ccccc2)c1. The third kappa shape index (κ3) is 6.31. The zero-order valence-electron chi connectivity index (χ0n) is 20.8. The van der Waals surface area contributed by atoms with E-state index in [0.29, 0.717) is 31.2 Å². The van der Waals surface area contributed by atoms with Crippen molar-refractivity contribution in [2.45, 2.75) is 39.7 Å². The summed E-state index contributed by atoms with van der Waals surface area (Å²) in [7, 11) is 0. The van der Waals surface area contributed by atoms with Gasteiger partial charge in [0.15, 0.2) is 0 Å². The van der Waals surface area contributed by atoms with Crippen LogP contribution in [0.1, 0.15) is 52.7 Å². The molecule has 35 heavy (non-hydrogen) atoms. The molecule has 184 valence electrons. The monoisotopic (exact) mass is 490 g/mol. The summed E-state index contributed by atoms with van der Waals surface area (Å²) in [6, 6.07) is 19.2. The molecule has 1 unspecified atom stereocenters. The largest absolute Gasteiger partial charge is 0.491 e. The predicted octanol–water partition coefficient (Wildman–Crippen LogP) is 5.75. The van der Waals surface area contributed by atoms with Gasteiger partial charge in [-0.15, -0.1) is 11.3 Å². The molecule has 0 N–H and O–H groups in total. The van der Waals surface area contributed by atoms with Crippen LogP contribution in [0.25, 0.3) is 0 Å². The van der Waals surface area contributed by atoms with Crippen LogP contribution in [-0.4, -0.2) is 47.9 Å². The maximum absolute atomic E-state index is 13.7. The summed E-state index contributed by atoms with van der Waals surface area (Å²) in [5.74, 6) is 1.10. The molecule has 6 heteroatoms. The standard InChI is InChI=1S/C29H34N2O3S/c1-21(2)12-15-30(29(33)23-9-7-8-22(3)18-23)19-28(32)31-16-13-27-25(14-17-35-27)26(31)20-34-24-10-5-4-6-11-24/h4-11,14,17-18,21,26H,12-13,15-16,19-20H2,1-3H3. The topological polar surface area (TPSA) is 49.9 Å². The number of carbonyl (C=O) groups excluding carboxylic acids is 2. The second-order valence-electron chi connectivity index (χ2n) is 9.55. The van der Waals surface area contributed by atoms with Gasteiger partial charge in [0, 0.05) is 23.5 Å². The van der Waals surface area contributed by atoms with E-state index in [9.17, 15) is 9.59 Å². The van der Waals surface area contributed by atoms with Gasteiger partial charge in [0.2, 0.25) is 5.91 Å². The number of amides is 2. The molecular weight excluding hydrogens is 456 g/mol. The molecule has 1 aliphatic heterocycles. The molecule has 1 aliphatic rings. The second kappa shape index (κ2) is 11.5. The maximum Gasteiger partial charge on any atom is 0.254 e. The van der Waals surface area contributed by atoms with E-state index in [1.165, 1.54) is 4.88 Å². The van der Waals surface area contributed by atoms with Crippen LogP contribution in [0.2, 0.25) is 0 Å². The fourth-order valence-corrected chi connectivity index (χ4v) is 5.38. The van der Waals surface area contributed by atoms with Gasteiger partial charge in [-0.05, 0) is 67.0 Å². The summed E-state index contributed by atoms with van der Waals surface area (Å²) < 4.78 is 6.10. The Morgan fingerprint density at radius 1 is 1.11 bits per heavy atom. The van der Waals surface area contributed by atoms with Crippen LogP contribution in [0, 0.1) is 12.8 Å². The molecule has 2 aromatic carbocycles. The Morgan fingerprint density at radius 3 is 2.66 bits per heavy atom. The van der Waals surface area contributed by atoms with Crippen LogP contribution in [0.4, 0.5) is 0 Å². The summed E-state index contributed by atoms with van der Waals surface area (Å²) in [5, 5.41) is 2.09. The summed E-state index contributed by atoms with van der Waals surface area (Å²) in [4.78, 5) is 32.0. The number of para-hydroxylation sites is 1. The Balaban J connectivity index is 1.53. The fourth-order valence-electron chi connectivity index (χ4n) is 4.45. The lowest BCUT2D eigenvalue weighted by atomic mass is 10.00. The molecule has 0 fully saturated rings. The van der Waals surface area contributed by atoms with Crippen molar-refractivity contribution in [3.05, 3.63) is 87.6 Å². The lowest BCUT2D eigenvalue weighted by Crippen LogP contribution is -2.48. The Kier molecular flexibility index (Phi) is 8.24. The highest BCUT2D eigenvalue weighted by atomic mass is 32.1. The maximum atomic E-state index is 13.7. The highest BCUT2D eigenvalue weighted by molar-refractivity contribution is 7.10. The predicted molar refractivity (Wildman–Crippen MR) is 141 cm³/mol. The van der Waals surface area contributed by atoms with Gasteiger partial charge in [-0.25, -0.2) is 0 Å². The zero-order valence-corrected chi connectivity index (χ0v) is 21.6. The third-order valence-corrected chi connectivity index (χ3v) is 7.42. The van der Waals surface area contributed by atoms with Gasteiger partial charge in [-0.1, -0.05) is 49.7 Å². The Labute approximate surface area is 212 Å². The number of fused-ring (bicyclic) bond motifs is 1. The molecule has 2 heterocycles. The van der Waals surface area contributed by atoms with E-state index in [0.717, 1.165) is 29.7 Å². The summed E-state index contributed by atoms with van der Waals surface area (Å²) >= 11 is 1.74. The number of ether oxygens (including phenoxy) is 1. The minimum Gasteiger partial charge on any atom is -0.491 e. The van der Waals surface area contributed by atoms with E-state index in [-0.39, 0.29) is 24.4 Å². The first-order chi connectivity index (χ1) is 16.9. The van der Waals surface area contributed by atoms with Gasteiger partial charge in [-0.2, -0.15) is 0 Å². The van der Waals surface area contributed by atoms with Gasteiger partial charge < -0.3 is 14.5 Å². The molecule has 2 amide bonds. The number of carbonyl (C=O) groups is 2. The average molecular weight is 491 g/mol. The molecule has 1 aromatic heterocycles. The van der Waals surface area contributed by atoms with Crippen LogP contribution in [0.15, 0.2) is 66.0 Å². The minimum absolute atomic E-state index is 0.0340. The van der Waals surface area contributed by atoms with Crippen LogP contribution in [0.5, 0.6) is 5.75 Å². The number of benzene rings is 2. The molecule has 0 aliphatic carbocycles. The first-order valence-corrected chi connectivity index (χ1v) is 13.2. The molecule has 0 spiro atoms. The Bertz CT molecular complexity index is 1140. The molecular formula is C29H34N2O3S. The van der Waals surface area contributed by atoms with E-state index in [1.807, 2.05) is 66.4 Å². The lowest BCUT2D eigenvalue weighted by Gasteiger charge is -2.37. The van der Waals surface area contributed by atoms with Gasteiger partial charge in [-0.3, -0.25) is 9.59 Å². The molecule has 3 aromatic rings. The number of rotatable bonds is 9. The molecule has 5 nitrogen and oxygen atoms in total. The van der Waals surface area contributed by atoms with Crippen LogP contribution in [0.3, 0.4) is 0 Å². The Hall–Kier alpha value is -3.12. The molecule has 1 atom stereocenters. The molecule has 0 bridgehead atoms. The van der Waals surface area contributed by atoms with Crippen molar-refractivity contribution < 1.29 is 14.3 Å². The summed E-state index contributed by atoms with van der Waals surface area (Å²) in [5.41, 5.74) is 2.82. The fraction of sp³-hybridized carbons (Fsp3) is 0.379. The lowest BCUT2D eigenvalue weighted by molar-refractivity contribution is -0.135. The summed E-state index contributed by atoms with van der Waals surface area (Å²) in [6.45, 7) is 7.89. The van der Waals surface area contributed by atoms with Gasteiger partial charge in [0.1, 0.15) is 18.9 Å². The molecule has 0 saturated heterocycles. The smallest absolute Gasteiger partial charge is 0.254 e. The zero-order chi connectivity index (χ0) is 24.8. The van der Waals surface area contributed by atoms with E-state index >= 15 is 0 Å². The van der Waals surface area contributed by atoms with E-state index in [1.54, 1.807) is 16.2 Å². The molecule has 0 radical (unpaired) electrons. The third-order valence-electron chi connectivity index (χ3n) is 6.42. The highest BCUT2D eigenvalue weighted by Crippen LogP contribution is 2.34. The number of nitrogens with zero attached hydrogens (tertiary/aromatic N) is 2. The number of aryl methyl sites for hydroxylation is 1. The van der Waals surface area contributed by atoms with E-state index in [4.69, 9.17) is 4.74 Å².